The van der Waals surface area contributed by atoms with Crippen LogP contribution in [0.4, 0.5) is 4.79 Å². The number of urea groups is 1. The molecule has 2 N–H and O–H groups in total. The van der Waals surface area contributed by atoms with Crippen LogP contribution in [-0.4, -0.2) is 60.6 Å². The van der Waals surface area contributed by atoms with Gasteiger partial charge in [0.15, 0.2) is 0 Å². The molecule has 1 aromatic rings. The lowest BCUT2D eigenvalue weighted by atomic mass is 10.1. The SMILES string of the molecule is CCCN(C)C(CNC(=O)N(C)CC(C)C(=O)O)c1ccc(Cl)cc1. The van der Waals surface area contributed by atoms with Crippen molar-refractivity contribution in [2.45, 2.75) is 26.3 Å². The van der Waals surface area contributed by atoms with E-state index in [1.807, 2.05) is 31.3 Å². The summed E-state index contributed by atoms with van der Waals surface area (Å²) in [5.41, 5.74) is 1.07. The Morgan fingerprint density at radius 1 is 1.24 bits per heavy atom. The lowest BCUT2D eigenvalue weighted by Gasteiger charge is -2.29. The number of aliphatic carboxylic acids is 1. The van der Waals surface area contributed by atoms with E-state index in [-0.39, 0.29) is 18.6 Å². The lowest BCUT2D eigenvalue weighted by Crippen LogP contribution is -2.44. The van der Waals surface area contributed by atoms with Crippen molar-refractivity contribution >= 4 is 23.6 Å². The second kappa shape index (κ2) is 10.3. The van der Waals surface area contributed by atoms with Gasteiger partial charge in [-0.1, -0.05) is 37.6 Å². The largest absolute Gasteiger partial charge is 0.481 e. The zero-order chi connectivity index (χ0) is 19.0. The van der Waals surface area contributed by atoms with Crippen molar-refractivity contribution in [3.05, 3.63) is 34.9 Å². The first-order valence-electron chi connectivity index (χ1n) is 8.43. The average molecular weight is 370 g/mol. The summed E-state index contributed by atoms with van der Waals surface area (Å²) in [6.07, 6.45) is 1.00. The van der Waals surface area contributed by atoms with Crippen molar-refractivity contribution in [3.8, 4) is 0 Å². The van der Waals surface area contributed by atoms with Gasteiger partial charge in [0.05, 0.1) is 12.0 Å². The van der Waals surface area contributed by atoms with Crippen LogP contribution in [0, 0.1) is 5.92 Å². The maximum Gasteiger partial charge on any atom is 0.317 e. The van der Waals surface area contributed by atoms with Crippen LogP contribution in [0.25, 0.3) is 0 Å². The predicted molar refractivity (Wildman–Crippen MR) is 99.9 cm³/mol. The minimum Gasteiger partial charge on any atom is -0.481 e. The highest BCUT2D eigenvalue weighted by atomic mass is 35.5. The normalized spacial score (nSPS) is 13.4. The molecule has 0 spiro atoms. The number of likely N-dealkylation sites (N-methyl/N-ethyl adjacent to an activating group) is 1. The third kappa shape index (κ3) is 6.92. The van der Waals surface area contributed by atoms with Gasteiger partial charge in [0, 0.05) is 25.2 Å². The van der Waals surface area contributed by atoms with E-state index in [0.717, 1.165) is 18.5 Å². The number of hydrogen-bond donors (Lipinski definition) is 2. The molecular weight excluding hydrogens is 342 g/mol. The molecule has 25 heavy (non-hydrogen) atoms. The molecule has 0 aliphatic carbocycles. The summed E-state index contributed by atoms with van der Waals surface area (Å²) in [4.78, 5) is 26.8. The summed E-state index contributed by atoms with van der Waals surface area (Å²) in [7, 11) is 3.62. The Morgan fingerprint density at radius 2 is 1.84 bits per heavy atom. The number of hydrogen-bond acceptors (Lipinski definition) is 3. The summed E-state index contributed by atoms with van der Waals surface area (Å²) in [6, 6.07) is 7.34. The third-order valence-corrected chi connectivity index (χ3v) is 4.38. The Balaban J connectivity index is 2.73. The smallest absolute Gasteiger partial charge is 0.317 e. The van der Waals surface area contributed by atoms with Gasteiger partial charge in [-0.15, -0.1) is 0 Å². The molecule has 0 bridgehead atoms. The number of halogens is 1. The fraction of sp³-hybridized carbons (Fsp3) is 0.556. The number of nitrogens with zero attached hydrogens (tertiary/aromatic N) is 2. The standard InChI is InChI=1S/C18H28ClN3O3/c1-5-10-21(3)16(14-6-8-15(19)9-7-14)11-20-18(25)22(4)12-13(2)17(23)24/h6-9,13,16H,5,10-12H2,1-4H3,(H,20,25)(H,23,24). The van der Waals surface area contributed by atoms with Crippen LogP contribution in [0.15, 0.2) is 24.3 Å². The highest BCUT2D eigenvalue weighted by molar-refractivity contribution is 6.30. The minimum absolute atomic E-state index is 0.0199. The number of carboxylic acids is 1. The zero-order valence-corrected chi connectivity index (χ0v) is 16.1. The van der Waals surface area contributed by atoms with E-state index in [1.165, 1.54) is 4.90 Å². The molecule has 7 heteroatoms. The van der Waals surface area contributed by atoms with Crippen molar-refractivity contribution in [3.63, 3.8) is 0 Å². The molecule has 0 fully saturated rings. The Bertz CT molecular complexity index is 565. The van der Waals surface area contributed by atoms with E-state index in [0.29, 0.717) is 11.6 Å². The molecule has 0 heterocycles. The summed E-state index contributed by atoms with van der Waals surface area (Å²) in [6.45, 7) is 5.18. The molecule has 0 aliphatic heterocycles. The Labute approximate surface area is 154 Å². The van der Waals surface area contributed by atoms with Gasteiger partial charge in [0.1, 0.15) is 0 Å². The summed E-state index contributed by atoms with van der Waals surface area (Å²) in [5, 5.41) is 12.5. The van der Waals surface area contributed by atoms with E-state index in [1.54, 1.807) is 14.0 Å². The van der Waals surface area contributed by atoms with Gasteiger partial charge in [-0.25, -0.2) is 4.79 Å². The van der Waals surface area contributed by atoms with Crippen LogP contribution in [0.3, 0.4) is 0 Å². The van der Waals surface area contributed by atoms with Gasteiger partial charge in [-0.3, -0.25) is 9.69 Å². The van der Waals surface area contributed by atoms with Gasteiger partial charge >= 0.3 is 12.0 Å². The number of benzene rings is 1. The lowest BCUT2D eigenvalue weighted by molar-refractivity contribution is -0.141. The van der Waals surface area contributed by atoms with E-state index >= 15 is 0 Å². The van der Waals surface area contributed by atoms with Crippen LogP contribution in [0.5, 0.6) is 0 Å². The van der Waals surface area contributed by atoms with E-state index < -0.39 is 11.9 Å². The maximum atomic E-state index is 12.3. The van der Waals surface area contributed by atoms with Crippen LogP contribution in [0.2, 0.25) is 5.02 Å². The van der Waals surface area contributed by atoms with Gasteiger partial charge < -0.3 is 15.3 Å². The quantitative estimate of drug-likeness (QED) is 0.701. The maximum absolute atomic E-state index is 12.3. The number of carbonyl (C=O) groups is 2. The molecule has 2 amide bonds. The van der Waals surface area contributed by atoms with Gasteiger partial charge in [-0.2, -0.15) is 0 Å². The molecule has 0 saturated carbocycles. The summed E-state index contributed by atoms with van der Waals surface area (Å²) >= 11 is 5.96. The van der Waals surface area contributed by atoms with Crippen LogP contribution in [-0.2, 0) is 4.79 Å². The van der Waals surface area contributed by atoms with E-state index in [9.17, 15) is 9.59 Å². The van der Waals surface area contributed by atoms with E-state index in [2.05, 4.69) is 17.1 Å². The van der Waals surface area contributed by atoms with Crippen molar-refractivity contribution < 1.29 is 14.7 Å². The molecule has 1 rings (SSSR count). The molecule has 0 aliphatic rings. The third-order valence-electron chi connectivity index (χ3n) is 4.13. The minimum atomic E-state index is -0.915. The van der Waals surface area contributed by atoms with Crippen LogP contribution < -0.4 is 5.32 Å². The van der Waals surface area contributed by atoms with Crippen molar-refractivity contribution in [1.82, 2.24) is 15.1 Å². The molecule has 2 unspecified atom stereocenters. The number of amides is 2. The van der Waals surface area contributed by atoms with Crippen molar-refractivity contribution in [1.29, 1.82) is 0 Å². The fourth-order valence-electron chi connectivity index (χ4n) is 2.61. The number of carboxylic acid groups (broad SMARTS) is 1. The number of carbonyl (C=O) groups excluding carboxylic acids is 1. The van der Waals surface area contributed by atoms with Crippen molar-refractivity contribution in [2.24, 2.45) is 5.92 Å². The molecule has 1 aromatic carbocycles. The van der Waals surface area contributed by atoms with Gasteiger partial charge in [-0.05, 0) is 37.7 Å². The first kappa shape index (κ1) is 21.3. The second-order valence-electron chi connectivity index (χ2n) is 6.35. The highest BCUT2D eigenvalue weighted by Crippen LogP contribution is 2.21. The molecule has 0 aromatic heterocycles. The molecule has 0 saturated heterocycles. The fourth-order valence-corrected chi connectivity index (χ4v) is 2.74. The first-order valence-corrected chi connectivity index (χ1v) is 8.81. The molecular formula is C18H28ClN3O3. The van der Waals surface area contributed by atoms with E-state index in [4.69, 9.17) is 16.7 Å². The zero-order valence-electron chi connectivity index (χ0n) is 15.3. The van der Waals surface area contributed by atoms with Crippen LogP contribution >= 0.6 is 11.6 Å². The summed E-state index contributed by atoms with van der Waals surface area (Å²) < 4.78 is 0. The number of nitrogens with one attached hydrogen (secondary N) is 1. The summed E-state index contributed by atoms with van der Waals surface area (Å²) in [5.74, 6) is -1.52. The highest BCUT2D eigenvalue weighted by Gasteiger charge is 2.20. The number of rotatable bonds is 9. The Kier molecular flexibility index (Phi) is 8.72. The topological polar surface area (TPSA) is 72.9 Å². The Hall–Kier alpha value is -1.79. The van der Waals surface area contributed by atoms with Crippen LogP contribution in [0.1, 0.15) is 31.9 Å². The monoisotopic (exact) mass is 369 g/mol. The molecule has 140 valence electrons. The van der Waals surface area contributed by atoms with Crippen molar-refractivity contribution in [2.75, 3.05) is 33.7 Å². The molecule has 0 radical (unpaired) electrons. The first-order chi connectivity index (χ1) is 11.8. The Morgan fingerprint density at radius 3 is 2.36 bits per heavy atom. The molecule has 2 atom stereocenters. The second-order valence-corrected chi connectivity index (χ2v) is 6.79. The predicted octanol–water partition coefficient (Wildman–Crippen LogP) is 3.09. The van der Waals surface area contributed by atoms with Gasteiger partial charge in [0.25, 0.3) is 0 Å². The average Bonchev–Trinajstić information content (AvgIpc) is 2.56. The molecule has 6 nitrogen and oxygen atoms in total. The van der Waals surface area contributed by atoms with Gasteiger partial charge in [0.2, 0.25) is 0 Å².